The highest BCUT2D eigenvalue weighted by Crippen LogP contribution is 2.23. The molecule has 0 aliphatic carbocycles. The van der Waals surface area contributed by atoms with E-state index in [9.17, 15) is 9.90 Å². The molecule has 0 saturated carbocycles. The second-order valence-corrected chi connectivity index (χ2v) is 5.05. The standard InChI is InChI=1S/C16H16ClNO2/c1-3-11-4-7-15(19)13(9-11)16(20)18-14-6-5-12(17)8-10(14)2/h4-9,19H,3H2,1-2H3,(H,18,20). The number of phenols is 1. The van der Waals surface area contributed by atoms with E-state index >= 15 is 0 Å². The van der Waals surface area contributed by atoms with Crippen LogP contribution in [0.25, 0.3) is 0 Å². The maximum absolute atomic E-state index is 12.2. The maximum atomic E-state index is 12.2. The molecule has 0 aliphatic heterocycles. The Morgan fingerprint density at radius 1 is 1.25 bits per heavy atom. The summed E-state index contributed by atoms with van der Waals surface area (Å²) in [7, 11) is 0. The van der Waals surface area contributed by atoms with Gasteiger partial charge in [0.25, 0.3) is 5.91 Å². The molecule has 104 valence electrons. The first kappa shape index (κ1) is 14.4. The zero-order chi connectivity index (χ0) is 14.7. The molecule has 0 fully saturated rings. The fourth-order valence-corrected chi connectivity index (χ4v) is 2.17. The normalized spacial score (nSPS) is 10.3. The Balaban J connectivity index is 2.28. The Bertz CT molecular complexity index is 653. The molecular weight excluding hydrogens is 274 g/mol. The fourth-order valence-electron chi connectivity index (χ4n) is 1.94. The van der Waals surface area contributed by atoms with Gasteiger partial charge >= 0.3 is 0 Å². The number of benzene rings is 2. The topological polar surface area (TPSA) is 49.3 Å². The van der Waals surface area contributed by atoms with Crippen LogP contribution in [0.2, 0.25) is 5.02 Å². The predicted molar refractivity (Wildman–Crippen MR) is 81.6 cm³/mol. The number of phenolic OH excluding ortho intramolecular Hbond substituents is 1. The molecule has 0 unspecified atom stereocenters. The largest absolute Gasteiger partial charge is 0.507 e. The Labute approximate surface area is 123 Å². The number of aromatic hydroxyl groups is 1. The van der Waals surface area contributed by atoms with Gasteiger partial charge in [0.2, 0.25) is 0 Å². The summed E-state index contributed by atoms with van der Waals surface area (Å²) in [5, 5.41) is 13.2. The summed E-state index contributed by atoms with van der Waals surface area (Å²) in [4.78, 5) is 12.2. The average molecular weight is 290 g/mol. The second-order valence-electron chi connectivity index (χ2n) is 4.62. The van der Waals surface area contributed by atoms with Gasteiger partial charge in [-0.1, -0.05) is 24.6 Å². The van der Waals surface area contributed by atoms with Crippen molar-refractivity contribution in [3.8, 4) is 5.75 Å². The van der Waals surface area contributed by atoms with Crippen LogP contribution in [0, 0.1) is 6.92 Å². The van der Waals surface area contributed by atoms with E-state index in [1.54, 1.807) is 36.4 Å². The number of rotatable bonds is 3. The molecule has 1 amide bonds. The van der Waals surface area contributed by atoms with Crippen molar-refractivity contribution in [2.45, 2.75) is 20.3 Å². The lowest BCUT2D eigenvalue weighted by Gasteiger charge is -2.10. The Morgan fingerprint density at radius 2 is 2.00 bits per heavy atom. The molecule has 0 spiro atoms. The van der Waals surface area contributed by atoms with Crippen LogP contribution >= 0.6 is 11.6 Å². The smallest absolute Gasteiger partial charge is 0.259 e. The second kappa shape index (κ2) is 5.97. The monoisotopic (exact) mass is 289 g/mol. The van der Waals surface area contributed by atoms with Gasteiger partial charge in [0.1, 0.15) is 5.75 Å². The van der Waals surface area contributed by atoms with Gasteiger partial charge in [-0.15, -0.1) is 0 Å². The van der Waals surface area contributed by atoms with Gasteiger partial charge in [-0.3, -0.25) is 4.79 Å². The van der Waals surface area contributed by atoms with Crippen LogP contribution in [0.3, 0.4) is 0 Å². The number of anilines is 1. The van der Waals surface area contributed by atoms with Gasteiger partial charge in [-0.05, 0) is 54.8 Å². The molecule has 2 aromatic rings. The van der Waals surface area contributed by atoms with E-state index < -0.39 is 0 Å². The predicted octanol–water partition coefficient (Wildman–Crippen LogP) is 4.17. The van der Waals surface area contributed by atoms with E-state index in [1.165, 1.54) is 0 Å². The van der Waals surface area contributed by atoms with Crippen molar-refractivity contribution >= 4 is 23.2 Å². The van der Waals surface area contributed by atoms with Crippen LogP contribution in [0.1, 0.15) is 28.4 Å². The van der Waals surface area contributed by atoms with Crippen LogP contribution in [-0.4, -0.2) is 11.0 Å². The van der Waals surface area contributed by atoms with Crippen molar-refractivity contribution in [1.29, 1.82) is 0 Å². The van der Waals surface area contributed by atoms with Gasteiger partial charge in [0.15, 0.2) is 0 Å². The van der Waals surface area contributed by atoms with Crippen LogP contribution in [0.5, 0.6) is 5.75 Å². The van der Waals surface area contributed by atoms with E-state index in [4.69, 9.17) is 11.6 Å². The third-order valence-electron chi connectivity index (χ3n) is 3.15. The summed E-state index contributed by atoms with van der Waals surface area (Å²) >= 11 is 5.88. The number of aryl methyl sites for hydroxylation is 2. The number of carbonyl (C=O) groups excluding carboxylic acids is 1. The summed E-state index contributed by atoms with van der Waals surface area (Å²) in [6.07, 6.45) is 0.806. The number of halogens is 1. The lowest BCUT2D eigenvalue weighted by atomic mass is 10.1. The number of amides is 1. The highest BCUT2D eigenvalue weighted by atomic mass is 35.5. The van der Waals surface area contributed by atoms with Gasteiger partial charge < -0.3 is 10.4 Å². The number of hydrogen-bond donors (Lipinski definition) is 2. The number of carbonyl (C=O) groups is 1. The molecule has 2 N–H and O–H groups in total. The van der Waals surface area contributed by atoms with E-state index in [2.05, 4.69) is 5.32 Å². The van der Waals surface area contributed by atoms with Crippen molar-refractivity contribution in [2.75, 3.05) is 5.32 Å². The Kier molecular flexibility index (Phi) is 4.30. The molecule has 0 atom stereocenters. The van der Waals surface area contributed by atoms with E-state index in [0.717, 1.165) is 17.5 Å². The van der Waals surface area contributed by atoms with Crippen LogP contribution < -0.4 is 5.32 Å². The van der Waals surface area contributed by atoms with Crippen molar-refractivity contribution in [2.24, 2.45) is 0 Å². The van der Waals surface area contributed by atoms with Crippen LogP contribution in [-0.2, 0) is 6.42 Å². The average Bonchev–Trinajstić information content (AvgIpc) is 2.42. The van der Waals surface area contributed by atoms with Crippen molar-refractivity contribution in [3.05, 3.63) is 58.1 Å². The minimum absolute atomic E-state index is 0.0219. The van der Waals surface area contributed by atoms with Gasteiger partial charge in [0, 0.05) is 10.7 Å². The molecule has 20 heavy (non-hydrogen) atoms. The van der Waals surface area contributed by atoms with Crippen molar-refractivity contribution < 1.29 is 9.90 Å². The Hall–Kier alpha value is -2.00. The minimum atomic E-state index is -0.330. The fraction of sp³-hybridized carbons (Fsp3) is 0.188. The molecule has 3 nitrogen and oxygen atoms in total. The Morgan fingerprint density at radius 3 is 2.65 bits per heavy atom. The summed E-state index contributed by atoms with van der Waals surface area (Å²) in [6.45, 7) is 3.86. The van der Waals surface area contributed by atoms with Crippen LogP contribution in [0.4, 0.5) is 5.69 Å². The molecule has 0 saturated heterocycles. The first-order valence-corrected chi connectivity index (χ1v) is 6.78. The summed E-state index contributed by atoms with van der Waals surface area (Å²) in [5.41, 5.74) is 2.83. The van der Waals surface area contributed by atoms with Gasteiger partial charge in [-0.2, -0.15) is 0 Å². The zero-order valence-electron chi connectivity index (χ0n) is 11.4. The van der Waals surface area contributed by atoms with Gasteiger partial charge in [-0.25, -0.2) is 0 Å². The lowest BCUT2D eigenvalue weighted by Crippen LogP contribution is -2.13. The molecule has 2 rings (SSSR count). The highest BCUT2D eigenvalue weighted by molar-refractivity contribution is 6.30. The highest BCUT2D eigenvalue weighted by Gasteiger charge is 2.13. The third-order valence-corrected chi connectivity index (χ3v) is 3.39. The summed E-state index contributed by atoms with van der Waals surface area (Å²) < 4.78 is 0. The molecule has 0 aromatic heterocycles. The van der Waals surface area contributed by atoms with Crippen molar-refractivity contribution in [3.63, 3.8) is 0 Å². The third kappa shape index (κ3) is 3.11. The minimum Gasteiger partial charge on any atom is -0.507 e. The summed E-state index contributed by atoms with van der Waals surface area (Å²) in [5.74, 6) is -0.352. The number of nitrogens with one attached hydrogen (secondary N) is 1. The van der Waals surface area contributed by atoms with Crippen molar-refractivity contribution in [1.82, 2.24) is 0 Å². The molecule has 0 heterocycles. The first-order valence-electron chi connectivity index (χ1n) is 6.40. The molecule has 0 bridgehead atoms. The molecular formula is C16H16ClNO2. The maximum Gasteiger partial charge on any atom is 0.259 e. The molecule has 4 heteroatoms. The van der Waals surface area contributed by atoms with Gasteiger partial charge in [0.05, 0.1) is 5.56 Å². The van der Waals surface area contributed by atoms with E-state index in [1.807, 2.05) is 13.8 Å². The SMILES string of the molecule is CCc1ccc(O)c(C(=O)Nc2ccc(Cl)cc2C)c1. The summed E-state index contributed by atoms with van der Waals surface area (Å²) in [6, 6.07) is 10.3. The molecule has 2 aromatic carbocycles. The number of hydrogen-bond acceptors (Lipinski definition) is 2. The van der Waals surface area contributed by atoms with Crippen LogP contribution in [0.15, 0.2) is 36.4 Å². The van der Waals surface area contributed by atoms with E-state index in [0.29, 0.717) is 10.7 Å². The first-order chi connectivity index (χ1) is 9.51. The zero-order valence-corrected chi connectivity index (χ0v) is 12.2. The van der Waals surface area contributed by atoms with E-state index in [-0.39, 0.29) is 17.2 Å². The molecule has 0 radical (unpaired) electrons. The lowest BCUT2D eigenvalue weighted by molar-refractivity contribution is 0.102. The quantitative estimate of drug-likeness (QED) is 0.891. The molecule has 0 aliphatic rings.